The van der Waals surface area contributed by atoms with E-state index in [1.165, 1.54) is 7.11 Å². The first kappa shape index (κ1) is 13.4. The molecule has 1 aromatic rings. The second kappa shape index (κ2) is 4.93. The number of hydrogen-bond donors (Lipinski definition) is 0. The molecule has 0 saturated carbocycles. The third-order valence-electron chi connectivity index (χ3n) is 2.38. The molecule has 0 saturated heterocycles. The van der Waals surface area contributed by atoms with Crippen molar-refractivity contribution in [3.8, 4) is 0 Å². The minimum absolute atomic E-state index is 0.292. The Morgan fingerprint density at radius 3 is 2.39 bits per heavy atom. The van der Waals surface area contributed by atoms with Gasteiger partial charge in [-0.15, -0.1) is 0 Å². The van der Waals surface area contributed by atoms with Crippen molar-refractivity contribution >= 4 is 11.6 Å². The van der Waals surface area contributed by atoms with Crippen molar-refractivity contribution in [1.29, 1.82) is 0 Å². The lowest BCUT2D eigenvalue weighted by molar-refractivity contribution is -0.380. The highest BCUT2D eigenvalue weighted by Crippen LogP contribution is 2.33. The summed E-state index contributed by atoms with van der Waals surface area (Å²) in [6.07, 6.45) is -1.46. The summed E-state index contributed by atoms with van der Waals surface area (Å²) in [5.41, 5.74) is 0.204. The number of benzene rings is 1. The van der Waals surface area contributed by atoms with Crippen LogP contribution in [0.15, 0.2) is 34.5 Å². The van der Waals surface area contributed by atoms with Crippen molar-refractivity contribution in [2.75, 3.05) is 7.11 Å². The summed E-state index contributed by atoms with van der Waals surface area (Å²) in [5, 5.41) is 8.53. The summed E-state index contributed by atoms with van der Waals surface area (Å²) >= 11 is 5.81. The maximum absolute atomic E-state index is 5.81. The van der Waals surface area contributed by atoms with Crippen LogP contribution in [-0.4, -0.2) is 18.9 Å². The summed E-state index contributed by atoms with van der Waals surface area (Å²) in [7, 11) is 1.46. The summed E-state index contributed by atoms with van der Waals surface area (Å²) in [5.74, 6) is 0. The van der Waals surface area contributed by atoms with Gasteiger partial charge in [-0.05, 0) is 31.5 Å². The SMILES string of the molecule is COC1(OCc2ccc(Cl)cc2)N=NC(C)(C)O1. The minimum atomic E-state index is -1.46. The largest absolute Gasteiger partial charge is 0.415 e. The van der Waals surface area contributed by atoms with Crippen LogP contribution in [0.3, 0.4) is 0 Å². The monoisotopic (exact) mass is 270 g/mol. The Labute approximate surface area is 111 Å². The van der Waals surface area contributed by atoms with E-state index in [0.29, 0.717) is 11.6 Å². The zero-order valence-electron chi connectivity index (χ0n) is 10.5. The molecule has 0 aliphatic carbocycles. The van der Waals surface area contributed by atoms with Crippen molar-refractivity contribution in [2.45, 2.75) is 32.3 Å². The lowest BCUT2D eigenvalue weighted by Gasteiger charge is -2.25. The van der Waals surface area contributed by atoms with E-state index in [1.807, 2.05) is 12.1 Å². The van der Waals surface area contributed by atoms with Crippen LogP contribution in [0.5, 0.6) is 0 Å². The first-order valence-electron chi connectivity index (χ1n) is 5.52. The minimum Gasteiger partial charge on any atom is -0.310 e. The number of azo groups is 1. The highest BCUT2D eigenvalue weighted by atomic mass is 35.5. The van der Waals surface area contributed by atoms with Crippen LogP contribution in [0, 0.1) is 0 Å². The molecule has 0 spiro atoms. The molecule has 5 nitrogen and oxygen atoms in total. The normalized spacial score (nSPS) is 25.6. The fourth-order valence-corrected chi connectivity index (χ4v) is 1.62. The number of nitrogens with zero attached hydrogens (tertiary/aromatic N) is 2. The third-order valence-corrected chi connectivity index (χ3v) is 2.64. The van der Waals surface area contributed by atoms with E-state index in [-0.39, 0.29) is 0 Å². The Bertz CT molecular complexity index is 447. The number of rotatable bonds is 4. The zero-order chi connectivity index (χ0) is 13.2. The van der Waals surface area contributed by atoms with Crippen LogP contribution < -0.4 is 0 Å². The molecule has 0 amide bonds. The van der Waals surface area contributed by atoms with Gasteiger partial charge in [0.15, 0.2) is 5.72 Å². The Hall–Kier alpha value is -1.01. The van der Waals surface area contributed by atoms with Crippen molar-refractivity contribution in [2.24, 2.45) is 10.2 Å². The molecule has 1 heterocycles. The predicted molar refractivity (Wildman–Crippen MR) is 66.0 cm³/mol. The second-order valence-corrected chi connectivity index (χ2v) is 4.83. The summed E-state index contributed by atoms with van der Waals surface area (Å²) in [6, 6.07) is 7.31. The quantitative estimate of drug-likeness (QED) is 0.789. The van der Waals surface area contributed by atoms with Gasteiger partial charge in [0.2, 0.25) is 0 Å². The molecule has 0 radical (unpaired) electrons. The molecule has 1 aliphatic rings. The van der Waals surface area contributed by atoms with E-state index in [4.69, 9.17) is 25.8 Å². The van der Waals surface area contributed by atoms with Gasteiger partial charge in [0, 0.05) is 12.1 Å². The van der Waals surface area contributed by atoms with E-state index in [0.717, 1.165) is 5.56 Å². The van der Waals surface area contributed by atoms with Crippen molar-refractivity contribution < 1.29 is 14.2 Å². The highest BCUT2D eigenvalue weighted by Gasteiger charge is 2.45. The van der Waals surface area contributed by atoms with Gasteiger partial charge < -0.3 is 9.47 Å². The molecule has 98 valence electrons. The van der Waals surface area contributed by atoms with Crippen LogP contribution in [0.2, 0.25) is 5.02 Å². The van der Waals surface area contributed by atoms with Gasteiger partial charge in [-0.25, -0.2) is 0 Å². The van der Waals surface area contributed by atoms with Crippen LogP contribution >= 0.6 is 11.6 Å². The standard InChI is InChI=1S/C12H15ClN2O3/c1-11(2)14-15-12(16-3,18-11)17-8-9-4-6-10(13)7-5-9/h4-7H,8H2,1-3H3. The van der Waals surface area contributed by atoms with Gasteiger partial charge in [0.1, 0.15) is 0 Å². The van der Waals surface area contributed by atoms with Crippen molar-refractivity contribution in [3.63, 3.8) is 0 Å². The first-order valence-corrected chi connectivity index (χ1v) is 5.90. The molecule has 18 heavy (non-hydrogen) atoms. The van der Waals surface area contributed by atoms with Crippen LogP contribution in [-0.2, 0) is 20.8 Å². The van der Waals surface area contributed by atoms with Crippen molar-refractivity contribution in [3.05, 3.63) is 34.9 Å². The molecule has 1 unspecified atom stereocenters. The fourth-order valence-electron chi connectivity index (χ4n) is 1.49. The number of ether oxygens (including phenoxy) is 3. The lowest BCUT2D eigenvalue weighted by atomic mass is 10.2. The third kappa shape index (κ3) is 3.05. The summed E-state index contributed by atoms with van der Waals surface area (Å²) in [6.45, 7) is 3.85. The molecule has 1 aliphatic heterocycles. The molecule has 0 bridgehead atoms. The predicted octanol–water partition coefficient (Wildman–Crippen LogP) is 3.33. The van der Waals surface area contributed by atoms with Crippen molar-refractivity contribution in [1.82, 2.24) is 0 Å². The molecular formula is C12H15ClN2O3. The van der Waals surface area contributed by atoms with E-state index in [2.05, 4.69) is 10.2 Å². The Balaban J connectivity index is 2.00. The average Bonchev–Trinajstić information content (AvgIpc) is 2.65. The van der Waals surface area contributed by atoms with Gasteiger partial charge in [0.25, 0.3) is 0 Å². The molecule has 1 aromatic carbocycles. The average molecular weight is 271 g/mol. The Morgan fingerprint density at radius 1 is 1.22 bits per heavy atom. The molecule has 1 atom stereocenters. The zero-order valence-corrected chi connectivity index (χ0v) is 11.3. The van der Waals surface area contributed by atoms with Gasteiger partial charge in [-0.1, -0.05) is 28.8 Å². The molecule has 0 aromatic heterocycles. The summed E-state index contributed by atoms with van der Waals surface area (Å²) < 4.78 is 16.2. The summed E-state index contributed by atoms with van der Waals surface area (Å²) in [4.78, 5) is 0. The van der Waals surface area contributed by atoms with Crippen LogP contribution in [0.1, 0.15) is 19.4 Å². The molecule has 0 fully saturated rings. The molecule has 6 heteroatoms. The second-order valence-electron chi connectivity index (χ2n) is 4.39. The number of halogens is 1. The highest BCUT2D eigenvalue weighted by molar-refractivity contribution is 6.30. The van der Waals surface area contributed by atoms with Crippen LogP contribution in [0.4, 0.5) is 0 Å². The van der Waals surface area contributed by atoms with E-state index in [9.17, 15) is 0 Å². The van der Waals surface area contributed by atoms with Gasteiger partial charge in [-0.2, -0.15) is 5.11 Å². The molecule has 0 N–H and O–H groups in total. The van der Waals surface area contributed by atoms with E-state index >= 15 is 0 Å². The van der Waals surface area contributed by atoms with Gasteiger partial charge >= 0.3 is 6.10 Å². The smallest absolute Gasteiger partial charge is 0.310 e. The first-order chi connectivity index (χ1) is 8.45. The number of hydrogen-bond acceptors (Lipinski definition) is 5. The van der Waals surface area contributed by atoms with E-state index in [1.54, 1.807) is 26.0 Å². The Morgan fingerprint density at radius 2 is 1.89 bits per heavy atom. The van der Waals surface area contributed by atoms with Crippen LogP contribution in [0.25, 0.3) is 0 Å². The maximum atomic E-state index is 5.81. The maximum Gasteiger partial charge on any atom is 0.415 e. The fraction of sp³-hybridized carbons (Fsp3) is 0.500. The topological polar surface area (TPSA) is 52.4 Å². The van der Waals surface area contributed by atoms with E-state index < -0.39 is 11.8 Å². The number of methoxy groups -OCH3 is 1. The molecular weight excluding hydrogens is 256 g/mol. The van der Waals surface area contributed by atoms with Gasteiger partial charge in [-0.3, -0.25) is 4.74 Å². The van der Waals surface area contributed by atoms with Gasteiger partial charge in [0.05, 0.1) is 6.61 Å². The lowest BCUT2D eigenvalue weighted by Crippen LogP contribution is -2.37. The Kier molecular flexibility index (Phi) is 3.68. The molecule has 2 rings (SSSR count).